The van der Waals surface area contributed by atoms with E-state index < -0.39 is 0 Å². The highest BCUT2D eigenvalue weighted by molar-refractivity contribution is 5.34. The molecule has 1 saturated carbocycles. The quantitative estimate of drug-likeness (QED) is 0.874. The minimum absolute atomic E-state index is 0.331. The molecule has 1 aliphatic rings. The molecule has 0 spiro atoms. The van der Waals surface area contributed by atoms with Gasteiger partial charge in [-0.25, -0.2) is 0 Å². The Hall–Kier alpha value is -1.33. The molecule has 0 bridgehead atoms. The van der Waals surface area contributed by atoms with Crippen LogP contribution < -0.4 is 5.32 Å². The third kappa shape index (κ3) is 4.36. The number of rotatable bonds is 3. The molecular formula is C17H24N2. The fourth-order valence-electron chi connectivity index (χ4n) is 2.95. The molecule has 1 unspecified atom stereocenters. The van der Waals surface area contributed by atoms with Gasteiger partial charge in [-0.05, 0) is 37.5 Å². The van der Waals surface area contributed by atoms with E-state index >= 15 is 0 Å². The van der Waals surface area contributed by atoms with Gasteiger partial charge in [0.1, 0.15) is 0 Å². The van der Waals surface area contributed by atoms with Gasteiger partial charge in [-0.2, -0.15) is 5.26 Å². The number of nitriles is 1. The molecule has 2 heteroatoms. The van der Waals surface area contributed by atoms with E-state index in [0.717, 1.165) is 5.56 Å². The van der Waals surface area contributed by atoms with E-state index in [1.807, 2.05) is 18.2 Å². The van der Waals surface area contributed by atoms with Crippen molar-refractivity contribution in [1.29, 1.82) is 5.26 Å². The first-order valence-corrected chi connectivity index (χ1v) is 7.55. The summed E-state index contributed by atoms with van der Waals surface area (Å²) in [6, 6.07) is 11.1. The minimum atomic E-state index is 0.331. The lowest BCUT2D eigenvalue weighted by atomic mass is 9.95. The number of nitrogens with one attached hydrogen (secondary N) is 1. The Morgan fingerprint density at radius 2 is 1.84 bits per heavy atom. The summed E-state index contributed by atoms with van der Waals surface area (Å²) >= 11 is 0. The molecule has 0 aliphatic heterocycles. The predicted octanol–water partition coefficient (Wildman–Crippen LogP) is 4.32. The molecule has 0 amide bonds. The Bertz CT molecular complexity index is 425. The van der Waals surface area contributed by atoms with E-state index in [1.165, 1.54) is 50.5 Å². The average molecular weight is 256 g/mol. The van der Waals surface area contributed by atoms with Gasteiger partial charge in [0.05, 0.1) is 11.6 Å². The van der Waals surface area contributed by atoms with Gasteiger partial charge in [-0.3, -0.25) is 0 Å². The lowest BCUT2D eigenvalue weighted by Gasteiger charge is -2.25. The summed E-state index contributed by atoms with van der Waals surface area (Å²) in [5.41, 5.74) is 1.98. The predicted molar refractivity (Wildman–Crippen MR) is 78.8 cm³/mol. The molecule has 1 atom stereocenters. The topological polar surface area (TPSA) is 35.8 Å². The van der Waals surface area contributed by atoms with Crippen molar-refractivity contribution in [3.8, 4) is 6.07 Å². The van der Waals surface area contributed by atoms with Crippen LogP contribution in [0.3, 0.4) is 0 Å². The summed E-state index contributed by atoms with van der Waals surface area (Å²) in [5.74, 6) is 0. The summed E-state index contributed by atoms with van der Waals surface area (Å²) in [6.07, 6.45) is 9.47. The van der Waals surface area contributed by atoms with Crippen molar-refractivity contribution < 1.29 is 0 Å². The van der Waals surface area contributed by atoms with Crippen molar-refractivity contribution in [2.75, 3.05) is 0 Å². The van der Waals surface area contributed by atoms with Crippen molar-refractivity contribution in [2.24, 2.45) is 0 Å². The zero-order valence-electron chi connectivity index (χ0n) is 11.9. The van der Waals surface area contributed by atoms with Crippen molar-refractivity contribution in [2.45, 2.75) is 64.0 Å². The van der Waals surface area contributed by atoms with Gasteiger partial charge in [-0.15, -0.1) is 0 Å². The summed E-state index contributed by atoms with van der Waals surface area (Å²) in [7, 11) is 0. The largest absolute Gasteiger partial charge is 0.307 e. The second-order valence-electron chi connectivity index (χ2n) is 5.67. The Morgan fingerprint density at radius 1 is 1.16 bits per heavy atom. The first-order chi connectivity index (χ1) is 9.29. The van der Waals surface area contributed by atoms with Crippen LogP contribution >= 0.6 is 0 Å². The van der Waals surface area contributed by atoms with Gasteiger partial charge in [0, 0.05) is 12.1 Å². The van der Waals surface area contributed by atoms with Crippen LogP contribution in [0.5, 0.6) is 0 Å². The Labute approximate surface area is 116 Å². The van der Waals surface area contributed by atoms with Gasteiger partial charge in [0.15, 0.2) is 0 Å². The molecule has 0 saturated heterocycles. The van der Waals surface area contributed by atoms with Crippen LogP contribution in [0, 0.1) is 11.3 Å². The van der Waals surface area contributed by atoms with E-state index in [-0.39, 0.29) is 0 Å². The third-order valence-electron chi connectivity index (χ3n) is 4.11. The Balaban J connectivity index is 1.95. The Kier molecular flexibility index (Phi) is 5.42. The van der Waals surface area contributed by atoms with Crippen molar-refractivity contribution in [1.82, 2.24) is 5.32 Å². The van der Waals surface area contributed by atoms with Crippen LogP contribution in [-0.4, -0.2) is 6.04 Å². The standard InChI is InChI=1S/C17H24N2/c1-14(16-9-7-8-15(12-16)13-18)19-17-10-5-3-2-4-6-11-17/h7-9,12,14,17,19H,2-6,10-11H2,1H3. The number of hydrogen-bond acceptors (Lipinski definition) is 2. The first kappa shape index (κ1) is 14.1. The third-order valence-corrected chi connectivity index (χ3v) is 4.11. The number of hydrogen-bond donors (Lipinski definition) is 1. The summed E-state index contributed by atoms with van der Waals surface area (Å²) in [6.45, 7) is 2.20. The summed E-state index contributed by atoms with van der Waals surface area (Å²) < 4.78 is 0. The van der Waals surface area contributed by atoms with Gasteiger partial charge >= 0.3 is 0 Å². The van der Waals surface area contributed by atoms with Crippen LogP contribution in [0.1, 0.15) is 69.0 Å². The van der Waals surface area contributed by atoms with Gasteiger partial charge in [-0.1, -0.05) is 44.2 Å². The zero-order valence-corrected chi connectivity index (χ0v) is 11.9. The molecule has 2 nitrogen and oxygen atoms in total. The molecule has 1 fully saturated rings. The highest BCUT2D eigenvalue weighted by Gasteiger charge is 2.14. The van der Waals surface area contributed by atoms with E-state index in [9.17, 15) is 0 Å². The van der Waals surface area contributed by atoms with E-state index in [4.69, 9.17) is 5.26 Å². The highest BCUT2D eigenvalue weighted by Crippen LogP contribution is 2.21. The smallest absolute Gasteiger partial charge is 0.0991 e. The highest BCUT2D eigenvalue weighted by atomic mass is 14.9. The molecule has 2 rings (SSSR count). The first-order valence-electron chi connectivity index (χ1n) is 7.55. The van der Waals surface area contributed by atoms with Crippen LogP contribution in [0.4, 0.5) is 0 Å². The molecule has 1 aromatic carbocycles. The fraction of sp³-hybridized carbons (Fsp3) is 0.588. The molecule has 1 aliphatic carbocycles. The van der Waals surface area contributed by atoms with Gasteiger partial charge in [0.2, 0.25) is 0 Å². The SMILES string of the molecule is CC(NC1CCCCCCC1)c1cccc(C#N)c1. The lowest BCUT2D eigenvalue weighted by molar-refractivity contribution is 0.363. The normalized spacial score (nSPS) is 19.2. The van der Waals surface area contributed by atoms with Crippen LogP contribution in [0.25, 0.3) is 0 Å². The monoisotopic (exact) mass is 256 g/mol. The molecule has 1 aromatic rings. The maximum Gasteiger partial charge on any atom is 0.0991 e. The average Bonchev–Trinajstić information content (AvgIpc) is 2.41. The molecule has 102 valence electrons. The molecular weight excluding hydrogens is 232 g/mol. The molecule has 0 heterocycles. The van der Waals surface area contributed by atoms with Crippen molar-refractivity contribution >= 4 is 0 Å². The van der Waals surface area contributed by atoms with Gasteiger partial charge < -0.3 is 5.32 Å². The second-order valence-corrected chi connectivity index (χ2v) is 5.67. The summed E-state index contributed by atoms with van der Waals surface area (Å²) in [5, 5.41) is 12.7. The van der Waals surface area contributed by atoms with Crippen molar-refractivity contribution in [3.05, 3.63) is 35.4 Å². The molecule has 1 N–H and O–H groups in total. The maximum atomic E-state index is 8.96. The number of benzene rings is 1. The van der Waals surface area contributed by atoms with Crippen LogP contribution in [0.15, 0.2) is 24.3 Å². The van der Waals surface area contributed by atoms with Crippen LogP contribution in [-0.2, 0) is 0 Å². The Morgan fingerprint density at radius 3 is 2.53 bits per heavy atom. The fourth-order valence-corrected chi connectivity index (χ4v) is 2.95. The maximum absolute atomic E-state index is 8.96. The lowest BCUT2D eigenvalue weighted by Crippen LogP contribution is -2.32. The summed E-state index contributed by atoms with van der Waals surface area (Å²) in [4.78, 5) is 0. The number of nitrogens with zero attached hydrogens (tertiary/aromatic N) is 1. The van der Waals surface area contributed by atoms with Gasteiger partial charge in [0.25, 0.3) is 0 Å². The molecule has 0 radical (unpaired) electrons. The van der Waals surface area contributed by atoms with Crippen molar-refractivity contribution in [3.63, 3.8) is 0 Å². The molecule has 0 aromatic heterocycles. The van der Waals surface area contributed by atoms with E-state index in [2.05, 4.69) is 24.4 Å². The zero-order chi connectivity index (χ0) is 13.5. The van der Waals surface area contributed by atoms with Crippen LogP contribution in [0.2, 0.25) is 0 Å². The van der Waals surface area contributed by atoms with E-state index in [0.29, 0.717) is 12.1 Å². The molecule has 19 heavy (non-hydrogen) atoms. The van der Waals surface area contributed by atoms with E-state index in [1.54, 1.807) is 0 Å². The second kappa shape index (κ2) is 7.31. The minimum Gasteiger partial charge on any atom is -0.307 e.